The van der Waals surface area contributed by atoms with Gasteiger partial charge in [0.15, 0.2) is 5.13 Å². The summed E-state index contributed by atoms with van der Waals surface area (Å²) in [6.07, 6.45) is -0.142. The highest BCUT2D eigenvalue weighted by atomic mass is 32.1. The molecule has 0 radical (unpaired) electrons. The molecule has 1 aromatic carbocycles. The van der Waals surface area contributed by atoms with Crippen LogP contribution >= 0.6 is 11.3 Å². The van der Waals surface area contributed by atoms with Crippen LogP contribution in [-0.4, -0.2) is 22.0 Å². The second-order valence-electron chi connectivity index (χ2n) is 4.03. The summed E-state index contributed by atoms with van der Waals surface area (Å²) < 4.78 is 0. The van der Waals surface area contributed by atoms with E-state index in [0.717, 1.165) is 5.56 Å². The van der Waals surface area contributed by atoms with Crippen LogP contribution in [0.3, 0.4) is 0 Å². The molecule has 2 aromatic rings. The molecule has 0 unspecified atom stereocenters. The Labute approximate surface area is 113 Å². The van der Waals surface area contributed by atoms with E-state index in [1.165, 1.54) is 11.3 Å². The molecule has 5 nitrogen and oxygen atoms in total. The largest absolute Gasteiger partial charge is 0.481 e. The Morgan fingerprint density at radius 1 is 1.32 bits per heavy atom. The minimum atomic E-state index is -0.943. The number of carbonyl (C=O) groups excluding carboxylic acids is 1. The summed E-state index contributed by atoms with van der Waals surface area (Å²) in [6.45, 7) is 1.95. The molecule has 1 amide bonds. The molecule has 98 valence electrons. The average molecular weight is 276 g/mol. The fraction of sp³-hybridized carbons (Fsp3) is 0.154. The van der Waals surface area contributed by atoms with E-state index in [-0.39, 0.29) is 12.3 Å². The summed E-state index contributed by atoms with van der Waals surface area (Å²) >= 11 is 1.21. The lowest BCUT2D eigenvalue weighted by Crippen LogP contribution is -2.11. The molecule has 0 bridgehead atoms. The van der Waals surface area contributed by atoms with Gasteiger partial charge in [-0.2, -0.15) is 0 Å². The fourth-order valence-corrected chi connectivity index (χ4v) is 2.18. The van der Waals surface area contributed by atoms with E-state index in [0.29, 0.717) is 16.4 Å². The molecule has 2 rings (SSSR count). The molecule has 0 spiro atoms. The third kappa shape index (κ3) is 3.62. The van der Waals surface area contributed by atoms with E-state index in [9.17, 15) is 9.59 Å². The van der Waals surface area contributed by atoms with Crippen molar-refractivity contribution in [2.45, 2.75) is 13.3 Å². The van der Waals surface area contributed by atoms with E-state index < -0.39 is 5.97 Å². The average Bonchev–Trinajstić information content (AvgIpc) is 2.76. The lowest BCUT2D eigenvalue weighted by atomic mass is 10.1. The summed E-state index contributed by atoms with van der Waals surface area (Å²) in [5, 5.41) is 13.3. The van der Waals surface area contributed by atoms with Gasteiger partial charge in [0.1, 0.15) is 0 Å². The maximum atomic E-state index is 11.9. The quantitative estimate of drug-likeness (QED) is 0.898. The van der Waals surface area contributed by atoms with Crippen molar-refractivity contribution in [3.8, 4) is 0 Å². The number of carboxylic acids is 1. The van der Waals surface area contributed by atoms with Gasteiger partial charge in [0.25, 0.3) is 5.91 Å². The number of nitrogens with one attached hydrogen (secondary N) is 1. The number of thiazole rings is 1. The molecule has 0 saturated heterocycles. The Bertz CT molecular complexity index is 605. The zero-order chi connectivity index (χ0) is 13.8. The Balaban J connectivity index is 2.04. The molecule has 6 heteroatoms. The van der Waals surface area contributed by atoms with Crippen molar-refractivity contribution in [3.05, 3.63) is 46.5 Å². The highest BCUT2D eigenvalue weighted by Crippen LogP contribution is 2.17. The topological polar surface area (TPSA) is 79.3 Å². The van der Waals surface area contributed by atoms with E-state index in [1.807, 2.05) is 19.1 Å². The number of rotatable bonds is 4. The van der Waals surface area contributed by atoms with Crippen LogP contribution < -0.4 is 5.32 Å². The van der Waals surface area contributed by atoms with Crippen LogP contribution in [0.15, 0.2) is 29.6 Å². The molecule has 1 heterocycles. The van der Waals surface area contributed by atoms with Crippen molar-refractivity contribution in [1.82, 2.24) is 4.98 Å². The molecule has 0 aliphatic rings. The van der Waals surface area contributed by atoms with Crippen LogP contribution in [0.2, 0.25) is 0 Å². The highest BCUT2D eigenvalue weighted by molar-refractivity contribution is 7.14. The van der Waals surface area contributed by atoms with Gasteiger partial charge < -0.3 is 5.11 Å². The molecule has 0 atom stereocenters. The van der Waals surface area contributed by atoms with E-state index in [2.05, 4.69) is 10.3 Å². The number of aliphatic carboxylic acids is 1. The molecule has 2 N–H and O–H groups in total. The second-order valence-corrected chi connectivity index (χ2v) is 4.89. The zero-order valence-electron chi connectivity index (χ0n) is 10.2. The summed E-state index contributed by atoms with van der Waals surface area (Å²) in [5.74, 6) is -1.20. The Morgan fingerprint density at radius 3 is 2.63 bits per heavy atom. The van der Waals surface area contributed by atoms with Crippen molar-refractivity contribution in [2.75, 3.05) is 5.32 Å². The van der Waals surface area contributed by atoms with Gasteiger partial charge in [-0.05, 0) is 19.1 Å². The van der Waals surface area contributed by atoms with Gasteiger partial charge in [0.05, 0.1) is 12.1 Å². The maximum Gasteiger partial charge on any atom is 0.309 e. The Morgan fingerprint density at radius 2 is 2.00 bits per heavy atom. The number of aromatic nitrogens is 1. The Hall–Kier alpha value is -2.21. The monoisotopic (exact) mass is 276 g/mol. The van der Waals surface area contributed by atoms with Gasteiger partial charge in [-0.25, -0.2) is 4.98 Å². The predicted molar refractivity (Wildman–Crippen MR) is 72.6 cm³/mol. The van der Waals surface area contributed by atoms with Gasteiger partial charge in [-0.3, -0.25) is 14.9 Å². The first-order valence-corrected chi connectivity index (χ1v) is 6.47. The Kier molecular flexibility index (Phi) is 3.91. The first-order chi connectivity index (χ1) is 9.04. The number of carbonyl (C=O) groups is 2. The van der Waals surface area contributed by atoms with Gasteiger partial charge >= 0.3 is 5.97 Å². The van der Waals surface area contributed by atoms with Gasteiger partial charge in [0, 0.05) is 10.9 Å². The zero-order valence-corrected chi connectivity index (χ0v) is 11.0. The van der Waals surface area contributed by atoms with Crippen molar-refractivity contribution >= 4 is 28.3 Å². The number of amides is 1. The molecule has 0 fully saturated rings. The van der Waals surface area contributed by atoms with Gasteiger partial charge in [0.2, 0.25) is 0 Å². The number of hydrogen-bond acceptors (Lipinski definition) is 4. The number of nitrogens with zero attached hydrogens (tertiary/aromatic N) is 1. The van der Waals surface area contributed by atoms with Crippen molar-refractivity contribution < 1.29 is 14.7 Å². The van der Waals surface area contributed by atoms with E-state index in [1.54, 1.807) is 17.5 Å². The minimum Gasteiger partial charge on any atom is -0.481 e. The van der Waals surface area contributed by atoms with Gasteiger partial charge in [-0.1, -0.05) is 17.7 Å². The molecule has 19 heavy (non-hydrogen) atoms. The number of benzene rings is 1. The SMILES string of the molecule is Cc1ccc(C(=O)Nc2nc(CC(=O)O)cs2)cc1. The minimum absolute atomic E-state index is 0.142. The summed E-state index contributed by atoms with van der Waals surface area (Å²) in [5.41, 5.74) is 2.06. The third-order valence-corrected chi connectivity index (χ3v) is 3.22. The van der Waals surface area contributed by atoms with Crippen LogP contribution in [0.25, 0.3) is 0 Å². The van der Waals surface area contributed by atoms with E-state index in [4.69, 9.17) is 5.11 Å². The van der Waals surface area contributed by atoms with Crippen LogP contribution in [0.5, 0.6) is 0 Å². The normalized spacial score (nSPS) is 10.2. The summed E-state index contributed by atoms with van der Waals surface area (Å²) in [6, 6.07) is 7.17. The van der Waals surface area contributed by atoms with Crippen LogP contribution in [0.1, 0.15) is 21.6 Å². The number of aryl methyl sites for hydroxylation is 1. The molecule has 0 aliphatic carbocycles. The van der Waals surface area contributed by atoms with Crippen LogP contribution in [-0.2, 0) is 11.2 Å². The lowest BCUT2D eigenvalue weighted by molar-refractivity contribution is -0.136. The lowest BCUT2D eigenvalue weighted by Gasteiger charge is -2.01. The molecule has 1 aromatic heterocycles. The molecule has 0 aliphatic heterocycles. The molecule has 0 saturated carbocycles. The van der Waals surface area contributed by atoms with Crippen LogP contribution in [0.4, 0.5) is 5.13 Å². The summed E-state index contributed by atoms with van der Waals surface area (Å²) in [4.78, 5) is 26.5. The number of carboxylic acid groups (broad SMARTS) is 1. The smallest absolute Gasteiger partial charge is 0.309 e. The van der Waals surface area contributed by atoms with Crippen molar-refractivity contribution in [3.63, 3.8) is 0 Å². The number of hydrogen-bond donors (Lipinski definition) is 2. The fourth-order valence-electron chi connectivity index (χ4n) is 1.47. The standard InChI is InChI=1S/C13H12N2O3S/c1-8-2-4-9(5-3-8)12(18)15-13-14-10(7-19-13)6-11(16)17/h2-5,7H,6H2,1H3,(H,16,17)(H,14,15,18). The third-order valence-electron chi connectivity index (χ3n) is 2.42. The van der Waals surface area contributed by atoms with Crippen LogP contribution in [0, 0.1) is 6.92 Å². The van der Waals surface area contributed by atoms with Crippen molar-refractivity contribution in [1.29, 1.82) is 0 Å². The highest BCUT2D eigenvalue weighted by Gasteiger charge is 2.10. The summed E-state index contributed by atoms with van der Waals surface area (Å²) in [7, 11) is 0. The van der Waals surface area contributed by atoms with Gasteiger partial charge in [-0.15, -0.1) is 11.3 Å². The maximum absolute atomic E-state index is 11.9. The second kappa shape index (κ2) is 5.62. The molecular weight excluding hydrogens is 264 g/mol. The first-order valence-electron chi connectivity index (χ1n) is 5.59. The van der Waals surface area contributed by atoms with E-state index >= 15 is 0 Å². The first kappa shape index (κ1) is 13.2. The predicted octanol–water partition coefficient (Wildman–Crippen LogP) is 2.33. The van der Waals surface area contributed by atoms with Crippen molar-refractivity contribution in [2.24, 2.45) is 0 Å². The molecular formula is C13H12N2O3S. The number of anilines is 1.